The van der Waals surface area contributed by atoms with Crippen LogP contribution in [0.3, 0.4) is 0 Å². The lowest BCUT2D eigenvalue weighted by Crippen LogP contribution is -2.73. The quantitative estimate of drug-likeness (QED) is 0.0570. The second-order valence-electron chi connectivity index (χ2n) is 14.7. The Balaban J connectivity index is 2.80. The lowest BCUT2D eigenvalue weighted by atomic mass is 10.4. The molecule has 0 radical (unpaired) electrons. The number of alkyl halides is 6. The average molecular weight is 849 g/mol. The van der Waals surface area contributed by atoms with Gasteiger partial charge in [0.1, 0.15) is 0 Å². The summed E-state index contributed by atoms with van der Waals surface area (Å²) in [5.74, 6) is 0. The van der Waals surface area contributed by atoms with Crippen molar-refractivity contribution in [2.45, 2.75) is 101 Å². The molecule has 0 aliphatic carbocycles. The van der Waals surface area contributed by atoms with Gasteiger partial charge in [-0.3, -0.25) is 0 Å². The molecule has 0 saturated carbocycles. The Morgan fingerprint density at radius 2 is 0.906 bits per heavy atom. The van der Waals surface area contributed by atoms with E-state index in [1.165, 1.54) is 0 Å². The van der Waals surface area contributed by atoms with Gasteiger partial charge in [0, 0.05) is 26.1 Å². The van der Waals surface area contributed by atoms with E-state index in [-0.39, 0.29) is 33.0 Å². The van der Waals surface area contributed by atoms with Gasteiger partial charge >= 0.3 is 38.0 Å². The minimum atomic E-state index is -4.69. The van der Waals surface area contributed by atoms with Crippen LogP contribution in [0.4, 0.5) is 26.3 Å². The summed E-state index contributed by atoms with van der Waals surface area (Å²) in [6.45, 7) is 12.0. The normalized spacial score (nSPS) is 13.8. The van der Waals surface area contributed by atoms with E-state index in [0.717, 1.165) is 0 Å². The van der Waals surface area contributed by atoms with Crippen molar-refractivity contribution in [3.05, 3.63) is 60.7 Å². The number of hydrogen-bond donors (Lipinski definition) is 2. The molecular weight excluding hydrogens is 791 g/mol. The minimum absolute atomic E-state index is 0.0873. The SMILES string of the molecule is C[Si](C)(CCCOCCO)O[Si](C)(C)O[Si](O[Si](CCC(F)(F)F)(CCC(F)(F)F)O[Si](C)(C)CCCOCCO)(c1ccccc1)c1ccccc1. The maximum Gasteiger partial charge on any atom is 0.389 e. The van der Waals surface area contributed by atoms with Crippen LogP contribution in [-0.2, 0) is 25.9 Å². The van der Waals surface area contributed by atoms with E-state index in [9.17, 15) is 26.3 Å². The molecule has 0 spiro atoms. The zero-order valence-corrected chi connectivity index (χ0v) is 36.8. The van der Waals surface area contributed by atoms with Crippen molar-refractivity contribution in [3.8, 4) is 0 Å². The predicted molar refractivity (Wildman–Crippen MR) is 206 cm³/mol. The van der Waals surface area contributed by atoms with Crippen LogP contribution >= 0.6 is 0 Å². The number of halogens is 6. The molecule has 2 aromatic rings. The van der Waals surface area contributed by atoms with Gasteiger partial charge in [-0.05, 0) is 86.7 Å². The molecule has 2 N–H and O–H groups in total. The van der Waals surface area contributed by atoms with E-state index in [0.29, 0.717) is 41.9 Å². The number of aliphatic hydroxyl groups excluding tert-OH is 2. The highest BCUT2D eigenvalue weighted by Gasteiger charge is 2.58. The topological polar surface area (TPSA) is 95.8 Å². The first-order valence-electron chi connectivity index (χ1n) is 18.0. The summed E-state index contributed by atoms with van der Waals surface area (Å²) in [6, 6.07) is 17.1. The molecule has 0 atom stereocenters. The molecule has 0 aliphatic heterocycles. The van der Waals surface area contributed by atoms with Crippen molar-refractivity contribution >= 4 is 52.7 Å². The van der Waals surface area contributed by atoms with Crippen LogP contribution in [0.25, 0.3) is 0 Å². The highest BCUT2D eigenvalue weighted by molar-refractivity contribution is 7.03. The molecule has 2 aromatic carbocycles. The van der Waals surface area contributed by atoms with Crippen LogP contribution in [0.1, 0.15) is 25.7 Å². The molecule has 0 saturated heterocycles. The molecule has 0 bridgehead atoms. The zero-order valence-electron chi connectivity index (χ0n) is 31.8. The molecule has 0 aliphatic rings. The average Bonchev–Trinajstić information content (AvgIpc) is 3.05. The highest BCUT2D eigenvalue weighted by atomic mass is 28.5. The first-order chi connectivity index (χ1) is 24.6. The monoisotopic (exact) mass is 848 g/mol. The van der Waals surface area contributed by atoms with Crippen LogP contribution in [0.15, 0.2) is 60.7 Å². The lowest BCUT2D eigenvalue weighted by Gasteiger charge is -2.47. The van der Waals surface area contributed by atoms with Gasteiger partial charge in [-0.25, -0.2) is 0 Å². The van der Waals surface area contributed by atoms with E-state index in [4.69, 9.17) is 36.1 Å². The first-order valence-corrected chi connectivity index (χ1v) is 31.1. The molecule has 19 heteroatoms. The van der Waals surface area contributed by atoms with Gasteiger partial charge in [0.2, 0.25) is 0 Å². The molecule has 0 fully saturated rings. The van der Waals surface area contributed by atoms with Crippen molar-refractivity contribution in [3.63, 3.8) is 0 Å². The molecular formula is C34H58F6O8Si5. The minimum Gasteiger partial charge on any atom is -0.436 e. The molecule has 8 nitrogen and oxygen atoms in total. The summed E-state index contributed by atoms with van der Waals surface area (Å²) < 4.78 is 124. The number of hydrogen-bond acceptors (Lipinski definition) is 8. The van der Waals surface area contributed by atoms with Crippen molar-refractivity contribution < 1.29 is 62.5 Å². The summed E-state index contributed by atoms with van der Waals surface area (Å²) in [6.07, 6.45) is -11.0. The van der Waals surface area contributed by atoms with Gasteiger partial charge in [-0.2, -0.15) is 26.3 Å². The second kappa shape index (κ2) is 21.3. The van der Waals surface area contributed by atoms with Gasteiger partial charge < -0.3 is 36.1 Å². The summed E-state index contributed by atoms with van der Waals surface area (Å²) in [5.41, 5.74) is 0. The second-order valence-corrected chi connectivity index (χ2v) is 34.0. The maximum absolute atomic E-state index is 14.1. The summed E-state index contributed by atoms with van der Waals surface area (Å²) in [4.78, 5) is 0. The summed E-state index contributed by atoms with van der Waals surface area (Å²) in [7, 11) is -17.6. The third-order valence-corrected chi connectivity index (χ3v) is 29.2. The smallest absolute Gasteiger partial charge is 0.389 e. The summed E-state index contributed by atoms with van der Waals surface area (Å²) in [5, 5.41) is 19.2. The highest BCUT2D eigenvalue weighted by Crippen LogP contribution is 2.39. The Bertz CT molecular complexity index is 1250. The fourth-order valence-electron chi connectivity index (χ4n) is 6.19. The third-order valence-electron chi connectivity index (χ3n) is 8.20. The van der Waals surface area contributed by atoms with Crippen LogP contribution in [-0.4, -0.2) is 105 Å². The number of aliphatic hydroxyl groups is 2. The van der Waals surface area contributed by atoms with Gasteiger partial charge in [0.15, 0.2) is 16.6 Å². The van der Waals surface area contributed by atoms with Crippen molar-refractivity contribution in [1.29, 1.82) is 0 Å². The molecule has 0 unspecified atom stereocenters. The van der Waals surface area contributed by atoms with E-state index in [1.807, 2.05) is 26.2 Å². The lowest BCUT2D eigenvalue weighted by molar-refractivity contribution is -0.133. The number of benzene rings is 2. The van der Waals surface area contributed by atoms with Crippen LogP contribution in [0, 0.1) is 0 Å². The molecule has 53 heavy (non-hydrogen) atoms. The molecule has 2 rings (SSSR count). The Hall–Kier alpha value is -1.22. The Morgan fingerprint density at radius 3 is 1.28 bits per heavy atom. The van der Waals surface area contributed by atoms with E-state index >= 15 is 0 Å². The van der Waals surface area contributed by atoms with Crippen molar-refractivity contribution in [2.24, 2.45) is 0 Å². The zero-order chi connectivity index (χ0) is 39.9. The van der Waals surface area contributed by atoms with Crippen molar-refractivity contribution in [2.75, 3.05) is 39.6 Å². The number of ether oxygens (including phenoxy) is 2. The van der Waals surface area contributed by atoms with Gasteiger partial charge in [0.05, 0.1) is 26.4 Å². The van der Waals surface area contributed by atoms with Crippen LogP contribution < -0.4 is 10.4 Å². The van der Waals surface area contributed by atoms with Crippen LogP contribution in [0.2, 0.25) is 63.5 Å². The van der Waals surface area contributed by atoms with Crippen LogP contribution in [0.5, 0.6) is 0 Å². The standard InChI is InChI=1S/C34H58F6O8Si5/c1-49(2,27-13-23-43-25-21-41)45-51(5,6)47-53(31-15-9-7-10-16-31,32-17-11-8-12-18-32)48-52(29-19-33(35,36)37,30-20-34(38,39)40)46-50(3,4)28-14-24-44-26-22-42/h7-12,15-18,41-42H,13-14,19-30H2,1-6H3. The summed E-state index contributed by atoms with van der Waals surface area (Å²) >= 11 is 0. The van der Waals surface area contributed by atoms with E-state index < -0.39 is 79.6 Å². The maximum atomic E-state index is 14.1. The van der Waals surface area contributed by atoms with E-state index in [2.05, 4.69) is 0 Å². The Morgan fingerprint density at radius 1 is 0.509 bits per heavy atom. The third kappa shape index (κ3) is 18.5. The van der Waals surface area contributed by atoms with E-state index in [1.54, 1.807) is 73.8 Å². The molecule has 0 heterocycles. The largest absolute Gasteiger partial charge is 0.436 e. The fraction of sp³-hybridized carbons (Fsp3) is 0.647. The Labute approximate surface area is 316 Å². The molecule has 0 aromatic heterocycles. The van der Waals surface area contributed by atoms with Crippen molar-refractivity contribution in [1.82, 2.24) is 0 Å². The first kappa shape index (κ1) is 47.9. The van der Waals surface area contributed by atoms with Gasteiger partial charge in [-0.1, -0.05) is 60.7 Å². The molecule has 304 valence electrons. The van der Waals surface area contributed by atoms with Gasteiger partial charge in [-0.15, -0.1) is 0 Å². The molecule has 0 amide bonds. The number of rotatable bonds is 26. The Kier molecular flexibility index (Phi) is 19.3. The van der Waals surface area contributed by atoms with Gasteiger partial charge in [0.25, 0.3) is 0 Å². The fourth-order valence-corrected chi connectivity index (χ4v) is 31.5. The predicted octanol–water partition coefficient (Wildman–Crippen LogP) is 7.57.